The van der Waals surface area contributed by atoms with Crippen molar-refractivity contribution in [1.29, 1.82) is 0 Å². The molecule has 34 heavy (non-hydrogen) atoms. The molecule has 1 aliphatic heterocycles. The molecule has 3 aromatic carbocycles. The number of sulfonamides is 1. The van der Waals surface area contributed by atoms with Gasteiger partial charge in [-0.1, -0.05) is 12.1 Å². The Labute approximate surface area is 195 Å². The maximum absolute atomic E-state index is 13.5. The number of phenolic OH excluding ortho intramolecular Hbond substituents is 1. The summed E-state index contributed by atoms with van der Waals surface area (Å²) in [6.45, 7) is -0.0156. The maximum atomic E-state index is 13.5. The van der Waals surface area contributed by atoms with E-state index in [1.54, 1.807) is 18.2 Å². The van der Waals surface area contributed by atoms with Gasteiger partial charge >= 0.3 is 0 Å². The first-order valence-electron chi connectivity index (χ1n) is 10.1. The van der Waals surface area contributed by atoms with Gasteiger partial charge in [0.15, 0.2) is 11.5 Å². The summed E-state index contributed by atoms with van der Waals surface area (Å²) in [5, 5.41) is 13.5. The average molecular weight is 485 g/mol. The van der Waals surface area contributed by atoms with Gasteiger partial charge in [-0.15, -0.1) is 0 Å². The summed E-state index contributed by atoms with van der Waals surface area (Å²) < 4.78 is 52.1. The van der Waals surface area contributed by atoms with Crippen LogP contribution in [0.2, 0.25) is 0 Å². The molecule has 0 bridgehead atoms. The molecule has 176 valence electrons. The second-order valence-electron chi connectivity index (χ2n) is 7.15. The highest BCUT2D eigenvalue weighted by Crippen LogP contribution is 2.34. The van der Waals surface area contributed by atoms with Gasteiger partial charge in [0.1, 0.15) is 31.3 Å². The molecule has 0 atom stereocenters. The zero-order valence-electron chi connectivity index (χ0n) is 17.7. The van der Waals surface area contributed by atoms with E-state index in [1.165, 1.54) is 42.6 Å². The molecule has 0 aromatic heterocycles. The molecule has 0 saturated heterocycles. The van der Waals surface area contributed by atoms with Gasteiger partial charge in [0.05, 0.1) is 16.8 Å². The van der Waals surface area contributed by atoms with Crippen LogP contribution in [-0.4, -0.2) is 45.4 Å². The van der Waals surface area contributed by atoms with Crippen molar-refractivity contribution in [2.45, 2.75) is 4.90 Å². The first kappa shape index (κ1) is 23.1. The van der Waals surface area contributed by atoms with E-state index in [1.807, 2.05) is 0 Å². The van der Waals surface area contributed by atoms with Gasteiger partial charge in [-0.2, -0.15) is 5.10 Å². The number of fused-ring (bicyclic) bond motifs is 1. The van der Waals surface area contributed by atoms with Crippen molar-refractivity contribution in [3.63, 3.8) is 0 Å². The molecule has 4 rings (SSSR count). The summed E-state index contributed by atoms with van der Waals surface area (Å²) in [7, 11) is -4.26. The molecule has 0 aliphatic carbocycles. The van der Waals surface area contributed by atoms with Crippen molar-refractivity contribution < 1.29 is 32.2 Å². The normalized spacial score (nSPS) is 13.0. The number of para-hydroxylation sites is 1. The monoisotopic (exact) mass is 485 g/mol. The minimum Gasteiger partial charge on any atom is -0.507 e. The third-order valence-corrected chi connectivity index (χ3v) is 6.60. The maximum Gasteiger partial charge on any atom is 0.264 e. The fourth-order valence-corrected chi connectivity index (χ4v) is 4.61. The van der Waals surface area contributed by atoms with Gasteiger partial charge in [-0.25, -0.2) is 18.2 Å². The lowest BCUT2D eigenvalue weighted by Gasteiger charge is -2.25. The van der Waals surface area contributed by atoms with Crippen molar-refractivity contribution in [2.24, 2.45) is 5.10 Å². The van der Waals surface area contributed by atoms with E-state index < -0.39 is 28.3 Å². The van der Waals surface area contributed by atoms with Crippen LogP contribution in [0.25, 0.3) is 0 Å². The van der Waals surface area contributed by atoms with E-state index >= 15 is 0 Å². The summed E-state index contributed by atoms with van der Waals surface area (Å²) in [4.78, 5) is 12.4. The van der Waals surface area contributed by atoms with E-state index in [2.05, 4.69) is 10.5 Å². The molecule has 1 amide bonds. The number of carbonyl (C=O) groups excluding carboxylic acids is 1. The predicted octanol–water partition coefficient (Wildman–Crippen LogP) is 2.65. The lowest BCUT2D eigenvalue weighted by molar-refractivity contribution is -0.119. The fraction of sp³-hybridized carbons (Fsp3) is 0.130. The number of phenols is 1. The van der Waals surface area contributed by atoms with Crippen LogP contribution >= 0.6 is 0 Å². The number of anilines is 1. The summed E-state index contributed by atoms with van der Waals surface area (Å²) in [5.74, 6) is -0.665. The summed E-state index contributed by atoms with van der Waals surface area (Å²) in [6.07, 6.45) is 1.23. The molecule has 0 unspecified atom stereocenters. The number of benzene rings is 3. The van der Waals surface area contributed by atoms with Crippen LogP contribution in [0.3, 0.4) is 0 Å². The first-order chi connectivity index (χ1) is 16.3. The molecule has 3 aromatic rings. The molecule has 0 fully saturated rings. The second kappa shape index (κ2) is 9.79. The number of rotatable bonds is 7. The van der Waals surface area contributed by atoms with E-state index in [4.69, 9.17) is 9.47 Å². The third kappa shape index (κ3) is 5.09. The van der Waals surface area contributed by atoms with Crippen LogP contribution in [0.4, 0.5) is 10.1 Å². The van der Waals surface area contributed by atoms with Crippen LogP contribution in [0.5, 0.6) is 17.2 Å². The van der Waals surface area contributed by atoms with Crippen molar-refractivity contribution in [3.05, 3.63) is 78.1 Å². The van der Waals surface area contributed by atoms with Crippen molar-refractivity contribution in [3.8, 4) is 17.2 Å². The average Bonchev–Trinajstić information content (AvgIpc) is 2.84. The Morgan fingerprint density at radius 2 is 1.76 bits per heavy atom. The smallest absolute Gasteiger partial charge is 0.264 e. The van der Waals surface area contributed by atoms with Gasteiger partial charge in [-0.3, -0.25) is 9.10 Å². The summed E-state index contributed by atoms with van der Waals surface area (Å²) >= 11 is 0. The molecule has 0 spiro atoms. The van der Waals surface area contributed by atoms with Crippen LogP contribution in [-0.2, 0) is 14.8 Å². The Hall–Kier alpha value is -4.12. The van der Waals surface area contributed by atoms with Crippen molar-refractivity contribution >= 4 is 27.8 Å². The van der Waals surface area contributed by atoms with E-state index in [0.717, 1.165) is 16.4 Å². The molecular formula is C23H20FN3O6S. The third-order valence-electron chi connectivity index (χ3n) is 4.83. The van der Waals surface area contributed by atoms with Gasteiger partial charge in [0.25, 0.3) is 15.9 Å². The van der Waals surface area contributed by atoms with Crippen LogP contribution in [0.1, 0.15) is 5.56 Å². The Balaban J connectivity index is 1.60. The zero-order chi connectivity index (χ0) is 24.1. The molecule has 11 heteroatoms. The topological polar surface area (TPSA) is 118 Å². The first-order valence-corrected chi connectivity index (χ1v) is 11.6. The number of hydrazone groups is 1. The Bertz CT molecular complexity index is 1330. The standard InChI is InChI=1S/C23H20FN3O6S/c24-17-5-7-18(8-6-17)27(15-23(29)26-25-14-16-3-1-2-4-20(16)28)34(30,31)19-9-10-21-22(13-19)33-12-11-32-21/h1-10,13-14,28H,11-12,15H2,(H,26,29)/b25-14-. The molecule has 0 radical (unpaired) electrons. The van der Waals surface area contributed by atoms with Crippen LogP contribution in [0.15, 0.2) is 76.7 Å². The highest BCUT2D eigenvalue weighted by atomic mass is 32.2. The second-order valence-corrected chi connectivity index (χ2v) is 9.01. The zero-order valence-corrected chi connectivity index (χ0v) is 18.5. The van der Waals surface area contributed by atoms with Crippen molar-refractivity contribution in [2.75, 3.05) is 24.1 Å². The number of ether oxygens (including phenoxy) is 2. The van der Waals surface area contributed by atoms with E-state index in [9.17, 15) is 22.7 Å². The number of hydrogen-bond donors (Lipinski definition) is 2. The minimum atomic E-state index is -4.26. The highest BCUT2D eigenvalue weighted by Gasteiger charge is 2.29. The molecular weight excluding hydrogens is 465 g/mol. The van der Waals surface area contributed by atoms with Gasteiger partial charge in [0, 0.05) is 11.6 Å². The number of aromatic hydroxyl groups is 1. The van der Waals surface area contributed by atoms with E-state index in [0.29, 0.717) is 17.9 Å². The number of nitrogens with one attached hydrogen (secondary N) is 1. The Kier molecular flexibility index (Phi) is 6.64. The number of hydrogen-bond acceptors (Lipinski definition) is 7. The molecule has 1 aliphatic rings. The minimum absolute atomic E-state index is 0.0328. The summed E-state index contributed by atoms with van der Waals surface area (Å²) in [6, 6.07) is 15.2. The SMILES string of the molecule is O=C(CN(c1ccc(F)cc1)S(=O)(=O)c1ccc2c(c1)OCCO2)N/N=C\c1ccccc1O. The highest BCUT2D eigenvalue weighted by molar-refractivity contribution is 7.92. The molecule has 0 saturated carbocycles. The number of carbonyl (C=O) groups is 1. The number of nitrogens with zero attached hydrogens (tertiary/aromatic N) is 2. The lowest BCUT2D eigenvalue weighted by Crippen LogP contribution is -2.39. The van der Waals surface area contributed by atoms with Crippen LogP contribution in [0, 0.1) is 5.82 Å². The Morgan fingerprint density at radius 3 is 2.50 bits per heavy atom. The molecule has 1 heterocycles. The fourth-order valence-electron chi connectivity index (χ4n) is 3.17. The van der Waals surface area contributed by atoms with Gasteiger partial charge in [0.2, 0.25) is 0 Å². The Morgan fingerprint density at radius 1 is 1.06 bits per heavy atom. The number of amides is 1. The van der Waals surface area contributed by atoms with Gasteiger partial charge < -0.3 is 14.6 Å². The number of halogens is 1. The molecule has 9 nitrogen and oxygen atoms in total. The molecule has 2 N–H and O–H groups in total. The summed E-state index contributed by atoms with van der Waals surface area (Å²) in [5.41, 5.74) is 2.68. The van der Waals surface area contributed by atoms with Crippen LogP contribution < -0.4 is 19.2 Å². The van der Waals surface area contributed by atoms with Gasteiger partial charge in [-0.05, 0) is 48.5 Å². The van der Waals surface area contributed by atoms with E-state index in [-0.39, 0.29) is 28.7 Å². The van der Waals surface area contributed by atoms with Crippen molar-refractivity contribution in [1.82, 2.24) is 5.43 Å². The largest absolute Gasteiger partial charge is 0.507 e. The quantitative estimate of drug-likeness (QED) is 0.393. The lowest BCUT2D eigenvalue weighted by atomic mass is 10.2. The predicted molar refractivity (Wildman–Crippen MR) is 122 cm³/mol.